The Morgan fingerprint density at radius 1 is 1.21 bits per heavy atom. The van der Waals surface area contributed by atoms with Gasteiger partial charge < -0.3 is 5.11 Å². The summed E-state index contributed by atoms with van der Waals surface area (Å²) in [5.74, 6) is 0.225. The van der Waals surface area contributed by atoms with Crippen LogP contribution in [0.4, 0.5) is 0 Å². The van der Waals surface area contributed by atoms with Crippen molar-refractivity contribution >= 4 is 24.8 Å². The lowest BCUT2D eigenvalue weighted by Gasteiger charge is -1.98. The lowest BCUT2D eigenvalue weighted by atomic mass is 10.3. The van der Waals surface area contributed by atoms with Gasteiger partial charge in [-0.1, -0.05) is 11.3 Å². The molecular weight excluding hydrogens is 225 g/mol. The molecule has 0 amide bonds. The molecule has 0 saturated carbocycles. The van der Waals surface area contributed by atoms with E-state index in [0.717, 1.165) is 5.69 Å². The average molecular weight is 234 g/mol. The van der Waals surface area contributed by atoms with E-state index in [4.69, 9.17) is 5.11 Å². The third kappa shape index (κ3) is 2.61. The molecule has 0 atom stereocenters. The number of phenolic OH excluding ortho intramolecular Hbond substituents is 1. The Labute approximate surface area is 93.4 Å². The topological polar surface area (TPSA) is 50.9 Å². The van der Waals surface area contributed by atoms with Crippen LogP contribution in [0.3, 0.4) is 0 Å². The van der Waals surface area contributed by atoms with E-state index in [1.165, 1.54) is 0 Å². The van der Waals surface area contributed by atoms with Crippen molar-refractivity contribution in [3.63, 3.8) is 0 Å². The van der Waals surface area contributed by atoms with Crippen LogP contribution in [0, 0.1) is 0 Å². The van der Waals surface area contributed by atoms with Crippen LogP contribution in [0.2, 0.25) is 0 Å². The zero-order chi connectivity index (χ0) is 8.39. The van der Waals surface area contributed by atoms with Crippen molar-refractivity contribution in [1.29, 1.82) is 0 Å². The van der Waals surface area contributed by atoms with Gasteiger partial charge in [0, 0.05) is 6.07 Å². The summed E-state index contributed by atoms with van der Waals surface area (Å²) in [6.45, 7) is 0. The van der Waals surface area contributed by atoms with Gasteiger partial charge in [-0.3, -0.25) is 0 Å². The molecule has 0 unspecified atom stereocenters. The number of aromatic hydroxyl groups is 1. The maximum Gasteiger partial charge on any atom is 0.117 e. The lowest BCUT2D eigenvalue weighted by Crippen LogP contribution is -1.93. The second-order valence-electron chi connectivity index (χ2n) is 2.37. The summed E-state index contributed by atoms with van der Waals surface area (Å²) in [5.41, 5.74) is 0.799. The minimum Gasteiger partial charge on any atom is -0.508 e. The van der Waals surface area contributed by atoms with E-state index in [9.17, 15) is 0 Å². The molecule has 0 spiro atoms. The van der Waals surface area contributed by atoms with Gasteiger partial charge in [-0.2, -0.15) is 0 Å². The van der Waals surface area contributed by atoms with E-state index in [1.807, 2.05) is 6.07 Å². The highest BCUT2D eigenvalue weighted by molar-refractivity contribution is 5.85. The third-order valence-electron chi connectivity index (χ3n) is 1.52. The zero-order valence-corrected chi connectivity index (χ0v) is 8.70. The molecule has 0 bridgehead atoms. The predicted octanol–water partition coefficient (Wildman–Crippen LogP) is 1.82. The van der Waals surface area contributed by atoms with Gasteiger partial charge in [0.1, 0.15) is 5.75 Å². The van der Waals surface area contributed by atoms with Gasteiger partial charge >= 0.3 is 0 Å². The molecule has 1 N–H and O–H groups in total. The van der Waals surface area contributed by atoms with Crippen LogP contribution in [-0.4, -0.2) is 20.1 Å². The molecule has 2 rings (SSSR count). The molecule has 0 fully saturated rings. The third-order valence-corrected chi connectivity index (χ3v) is 1.52. The van der Waals surface area contributed by atoms with Crippen molar-refractivity contribution in [1.82, 2.24) is 15.0 Å². The second-order valence-corrected chi connectivity index (χ2v) is 2.37. The largest absolute Gasteiger partial charge is 0.508 e. The number of rotatable bonds is 1. The summed E-state index contributed by atoms with van der Waals surface area (Å²) in [6.07, 6.45) is 3.30. The Kier molecular flexibility index (Phi) is 4.97. The van der Waals surface area contributed by atoms with Crippen LogP contribution >= 0.6 is 24.8 Å². The van der Waals surface area contributed by atoms with E-state index >= 15 is 0 Å². The molecule has 6 heteroatoms. The predicted molar refractivity (Wildman–Crippen MR) is 57.5 cm³/mol. The van der Waals surface area contributed by atoms with Crippen molar-refractivity contribution in [3.8, 4) is 11.4 Å². The van der Waals surface area contributed by atoms with Crippen LogP contribution in [0.25, 0.3) is 5.69 Å². The first kappa shape index (κ1) is 12.7. The molecule has 1 heterocycles. The fourth-order valence-electron chi connectivity index (χ4n) is 0.981. The minimum absolute atomic E-state index is 0. The average Bonchev–Trinajstić information content (AvgIpc) is 2.56. The molecule has 0 aliphatic carbocycles. The number of aromatic nitrogens is 3. The fraction of sp³-hybridized carbons (Fsp3) is 0. The van der Waals surface area contributed by atoms with Crippen molar-refractivity contribution in [2.75, 3.05) is 0 Å². The summed E-state index contributed by atoms with van der Waals surface area (Å²) >= 11 is 0. The summed E-state index contributed by atoms with van der Waals surface area (Å²) in [5, 5.41) is 16.6. The first-order valence-electron chi connectivity index (χ1n) is 3.52. The van der Waals surface area contributed by atoms with Gasteiger partial charge in [-0.15, -0.1) is 29.9 Å². The number of benzene rings is 1. The Bertz CT molecular complexity index is 378. The highest BCUT2D eigenvalue weighted by Crippen LogP contribution is 2.13. The zero-order valence-electron chi connectivity index (χ0n) is 7.07. The molecule has 1 aromatic heterocycles. The van der Waals surface area contributed by atoms with Crippen LogP contribution < -0.4 is 0 Å². The minimum atomic E-state index is 0. The number of nitrogens with zero attached hydrogens (tertiary/aromatic N) is 3. The van der Waals surface area contributed by atoms with Gasteiger partial charge in [0.05, 0.1) is 18.1 Å². The maximum absolute atomic E-state index is 9.15. The van der Waals surface area contributed by atoms with Crippen molar-refractivity contribution < 1.29 is 5.11 Å². The van der Waals surface area contributed by atoms with Gasteiger partial charge in [0.2, 0.25) is 0 Å². The Morgan fingerprint density at radius 3 is 2.57 bits per heavy atom. The van der Waals surface area contributed by atoms with E-state index in [-0.39, 0.29) is 30.6 Å². The Hall–Kier alpha value is -1.26. The molecular formula is C8H9Cl2N3O. The Balaban J connectivity index is 0.000000845. The number of hydrogen-bond donors (Lipinski definition) is 1. The van der Waals surface area contributed by atoms with Gasteiger partial charge in [-0.05, 0) is 12.1 Å². The van der Waals surface area contributed by atoms with Gasteiger partial charge in [-0.25, -0.2) is 4.68 Å². The van der Waals surface area contributed by atoms with E-state index in [0.29, 0.717) is 0 Å². The normalized spacial score (nSPS) is 8.57. The van der Waals surface area contributed by atoms with Gasteiger partial charge in [0.15, 0.2) is 0 Å². The highest BCUT2D eigenvalue weighted by atomic mass is 35.5. The van der Waals surface area contributed by atoms with Crippen LogP contribution in [-0.2, 0) is 0 Å². The number of hydrogen-bond acceptors (Lipinski definition) is 3. The van der Waals surface area contributed by atoms with E-state index < -0.39 is 0 Å². The number of phenols is 1. The second kappa shape index (κ2) is 5.47. The van der Waals surface area contributed by atoms with Crippen LogP contribution in [0.5, 0.6) is 5.75 Å². The number of halogens is 2. The highest BCUT2D eigenvalue weighted by Gasteiger charge is 1.96. The summed E-state index contributed by atoms with van der Waals surface area (Å²) < 4.78 is 1.58. The van der Waals surface area contributed by atoms with Crippen LogP contribution in [0.1, 0.15) is 0 Å². The monoisotopic (exact) mass is 233 g/mol. The summed E-state index contributed by atoms with van der Waals surface area (Å²) in [4.78, 5) is 0. The van der Waals surface area contributed by atoms with Gasteiger partial charge in [0.25, 0.3) is 0 Å². The Morgan fingerprint density at radius 2 is 2.00 bits per heavy atom. The molecule has 0 aliphatic rings. The van der Waals surface area contributed by atoms with E-state index in [2.05, 4.69) is 10.3 Å². The molecule has 0 aliphatic heterocycles. The molecule has 0 saturated heterocycles. The van der Waals surface area contributed by atoms with Crippen LogP contribution in [0.15, 0.2) is 36.7 Å². The SMILES string of the molecule is Cl.Cl.Oc1cccc(-n2ccnn2)c1. The van der Waals surface area contributed by atoms with Crippen molar-refractivity contribution in [3.05, 3.63) is 36.7 Å². The molecule has 1 aromatic carbocycles. The first-order chi connectivity index (χ1) is 5.86. The summed E-state index contributed by atoms with van der Waals surface area (Å²) in [7, 11) is 0. The molecule has 0 radical (unpaired) electrons. The summed E-state index contributed by atoms with van der Waals surface area (Å²) in [6, 6.07) is 6.83. The smallest absolute Gasteiger partial charge is 0.117 e. The molecule has 76 valence electrons. The molecule has 2 aromatic rings. The van der Waals surface area contributed by atoms with Crippen molar-refractivity contribution in [2.24, 2.45) is 0 Å². The van der Waals surface area contributed by atoms with E-state index in [1.54, 1.807) is 35.3 Å². The quantitative estimate of drug-likeness (QED) is 0.818. The fourth-order valence-corrected chi connectivity index (χ4v) is 0.981. The standard InChI is InChI=1S/C8H7N3O.2ClH/c12-8-3-1-2-7(6-8)11-5-4-9-10-11;;/h1-6,12H;2*1H. The first-order valence-corrected chi connectivity index (χ1v) is 3.52. The van der Waals surface area contributed by atoms with Crippen molar-refractivity contribution in [2.45, 2.75) is 0 Å². The maximum atomic E-state index is 9.15. The lowest BCUT2D eigenvalue weighted by molar-refractivity contribution is 0.474. The molecule has 4 nitrogen and oxygen atoms in total. The molecule has 14 heavy (non-hydrogen) atoms.